The van der Waals surface area contributed by atoms with E-state index in [0.29, 0.717) is 21.3 Å². The van der Waals surface area contributed by atoms with Crippen LogP contribution in [0.5, 0.6) is 0 Å². The summed E-state index contributed by atoms with van der Waals surface area (Å²) in [4.78, 5) is 27.1. The van der Waals surface area contributed by atoms with Crippen LogP contribution in [0, 0.1) is 21.4 Å². The van der Waals surface area contributed by atoms with E-state index in [1.54, 1.807) is 30.3 Å². The van der Waals surface area contributed by atoms with E-state index in [1.807, 2.05) is 5.38 Å². The Kier molecular flexibility index (Phi) is 5.17. The second kappa shape index (κ2) is 7.69. The Balaban J connectivity index is 1.64. The number of carbonyl (C=O) groups is 1. The molecule has 128 valence electrons. The highest BCUT2D eigenvalue weighted by atomic mass is 32.1. The molecule has 0 unspecified atom stereocenters. The van der Waals surface area contributed by atoms with Gasteiger partial charge >= 0.3 is 5.00 Å². The van der Waals surface area contributed by atoms with Crippen LogP contribution in [0.4, 0.5) is 10.1 Å². The number of hydrogen-bond donors (Lipinski definition) is 1. The number of amides is 1. The standard InChI is InChI=1S/C17H10N4O3S2/c18-9-11-1-3-12(4-2-11)14-10-25-17(19-14)20-15(22)7-5-13-6-8-16(26-13)21(23)24/h1-8,10H,(H,19,20,22). The maximum absolute atomic E-state index is 12.0. The molecule has 3 aromatic rings. The third-order valence-corrected chi connectivity index (χ3v) is 5.00. The van der Waals surface area contributed by atoms with E-state index >= 15 is 0 Å². The van der Waals surface area contributed by atoms with Crippen LogP contribution in [0.3, 0.4) is 0 Å². The van der Waals surface area contributed by atoms with Crippen molar-refractivity contribution in [1.82, 2.24) is 4.98 Å². The van der Waals surface area contributed by atoms with Crippen molar-refractivity contribution < 1.29 is 9.72 Å². The van der Waals surface area contributed by atoms with Crippen molar-refractivity contribution >= 4 is 44.8 Å². The van der Waals surface area contributed by atoms with Gasteiger partial charge < -0.3 is 0 Å². The predicted molar refractivity (Wildman–Crippen MR) is 101 cm³/mol. The number of nitrogens with one attached hydrogen (secondary N) is 1. The summed E-state index contributed by atoms with van der Waals surface area (Å²) in [6.45, 7) is 0. The van der Waals surface area contributed by atoms with Crippen molar-refractivity contribution in [3.8, 4) is 17.3 Å². The Morgan fingerprint density at radius 3 is 2.69 bits per heavy atom. The highest BCUT2D eigenvalue weighted by Gasteiger charge is 2.09. The molecule has 2 heterocycles. The summed E-state index contributed by atoms with van der Waals surface area (Å²) < 4.78 is 0. The number of aromatic nitrogens is 1. The normalized spacial score (nSPS) is 10.6. The lowest BCUT2D eigenvalue weighted by atomic mass is 10.1. The fraction of sp³-hybridized carbons (Fsp3) is 0. The SMILES string of the molecule is N#Cc1ccc(-c2csc(NC(=O)C=Cc3ccc([N+](=O)[O-])s3)n2)cc1. The highest BCUT2D eigenvalue weighted by molar-refractivity contribution is 7.16. The van der Waals surface area contributed by atoms with E-state index in [0.717, 1.165) is 16.9 Å². The van der Waals surface area contributed by atoms with Gasteiger partial charge in [-0.25, -0.2) is 4.98 Å². The molecule has 0 fully saturated rings. The van der Waals surface area contributed by atoms with Crippen molar-refractivity contribution in [2.24, 2.45) is 0 Å². The summed E-state index contributed by atoms with van der Waals surface area (Å²) in [5, 5.41) is 24.4. The van der Waals surface area contributed by atoms with Gasteiger partial charge in [-0.1, -0.05) is 23.5 Å². The van der Waals surface area contributed by atoms with Gasteiger partial charge in [0.1, 0.15) is 0 Å². The number of thiophene rings is 1. The summed E-state index contributed by atoms with van der Waals surface area (Å²) >= 11 is 2.28. The first-order chi connectivity index (χ1) is 12.5. The Morgan fingerprint density at radius 1 is 1.27 bits per heavy atom. The fourth-order valence-corrected chi connectivity index (χ4v) is 3.46. The molecule has 1 aromatic carbocycles. The maximum Gasteiger partial charge on any atom is 0.324 e. The molecule has 0 spiro atoms. The summed E-state index contributed by atoms with van der Waals surface area (Å²) in [7, 11) is 0. The number of nitro groups is 1. The number of hydrogen-bond acceptors (Lipinski definition) is 7. The number of benzene rings is 1. The molecule has 0 aliphatic carbocycles. The Bertz CT molecular complexity index is 1030. The summed E-state index contributed by atoms with van der Waals surface area (Å²) in [5.41, 5.74) is 2.12. The van der Waals surface area contributed by atoms with Crippen LogP contribution in [-0.4, -0.2) is 15.8 Å². The zero-order valence-corrected chi connectivity index (χ0v) is 14.7. The number of thiazole rings is 1. The topological polar surface area (TPSA) is 109 Å². The van der Waals surface area contributed by atoms with E-state index in [1.165, 1.54) is 29.6 Å². The quantitative estimate of drug-likeness (QED) is 0.402. The lowest BCUT2D eigenvalue weighted by Gasteiger charge is -1.97. The number of rotatable bonds is 5. The molecule has 26 heavy (non-hydrogen) atoms. The largest absolute Gasteiger partial charge is 0.324 e. The van der Waals surface area contributed by atoms with E-state index in [9.17, 15) is 14.9 Å². The van der Waals surface area contributed by atoms with Gasteiger partial charge in [-0.2, -0.15) is 5.26 Å². The number of nitrogens with zero attached hydrogens (tertiary/aromatic N) is 3. The van der Waals surface area contributed by atoms with Gasteiger partial charge in [0.25, 0.3) is 0 Å². The van der Waals surface area contributed by atoms with E-state index in [4.69, 9.17) is 5.26 Å². The van der Waals surface area contributed by atoms with E-state index in [-0.39, 0.29) is 10.9 Å². The number of anilines is 1. The third-order valence-electron chi connectivity index (χ3n) is 3.24. The number of nitriles is 1. The minimum atomic E-state index is -0.470. The minimum absolute atomic E-state index is 0.0250. The average molecular weight is 382 g/mol. The van der Waals surface area contributed by atoms with Crippen LogP contribution < -0.4 is 5.32 Å². The summed E-state index contributed by atoms with van der Waals surface area (Å²) in [6, 6.07) is 12.0. The van der Waals surface area contributed by atoms with Crippen LogP contribution in [-0.2, 0) is 4.79 Å². The monoisotopic (exact) mass is 382 g/mol. The lowest BCUT2D eigenvalue weighted by Crippen LogP contribution is -2.07. The molecule has 0 saturated heterocycles. The first-order valence-electron chi connectivity index (χ1n) is 7.24. The van der Waals surface area contributed by atoms with Gasteiger partial charge in [0.2, 0.25) is 5.91 Å². The van der Waals surface area contributed by atoms with Crippen LogP contribution >= 0.6 is 22.7 Å². The van der Waals surface area contributed by atoms with Crippen LogP contribution in [0.1, 0.15) is 10.4 Å². The maximum atomic E-state index is 12.0. The van der Waals surface area contributed by atoms with E-state index in [2.05, 4.69) is 16.4 Å². The second-order valence-corrected chi connectivity index (χ2v) is 6.93. The van der Waals surface area contributed by atoms with Gasteiger partial charge in [-0.05, 0) is 24.3 Å². The first kappa shape index (κ1) is 17.5. The lowest BCUT2D eigenvalue weighted by molar-refractivity contribution is -0.380. The van der Waals surface area contributed by atoms with Gasteiger partial charge in [-0.15, -0.1) is 11.3 Å². The Labute approximate surface area is 156 Å². The van der Waals surface area contributed by atoms with Crippen molar-refractivity contribution in [2.45, 2.75) is 0 Å². The smallest absolute Gasteiger partial charge is 0.298 e. The van der Waals surface area contributed by atoms with Crippen LogP contribution in [0.2, 0.25) is 0 Å². The van der Waals surface area contributed by atoms with Gasteiger partial charge in [0.15, 0.2) is 5.13 Å². The molecule has 0 aliphatic heterocycles. The molecular formula is C17H10N4O3S2. The van der Waals surface area contributed by atoms with Crippen molar-refractivity contribution in [1.29, 1.82) is 5.26 Å². The van der Waals surface area contributed by atoms with E-state index < -0.39 is 4.92 Å². The molecule has 1 N–H and O–H groups in total. The van der Waals surface area contributed by atoms with Gasteiger partial charge in [-0.3, -0.25) is 20.2 Å². The van der Waals surface area contributed by atoms with Crippen LogP contribution in [0.25, 0.3) is 17.3 Å². The third kappa shape index (κ3) is 4.18. The van der Waals surface area contributed by atoms with Crippen molar-refractivity contribution in [2.75, 3.05) is 5.32 Å². The second-order valence-electron chi connectivity index (χ2n) is 4.98. The zero-order valence-electron chi connectivity index (χ0n) is 13.1. The molecule has 0 bridgehead atoms. The highest BCUT2D eigenvalue weighted by Crippen LogP contribution is 2.26. The molecule has 0 saturated carbocycles. The van der Waals surface area contributed by atoms with Crippen molar-refractivity contribution in [3.63, 3.8) is 0 Å². The fourth-order valence-electron chi connectivity index (χ4n) is 2.01. The Hall–Kier alpha value is -3.35. The molecule has 2 aromatic heterocycles. The summed E-state index contributed by atoms with van der Waals surface area (Å²) in [5.74, 6) is -0.373. The molecule has 9 heteroatoms. The molecule has 0 aliphatic rings. The number of carbonyl (C=O) groups excluding carboxylic acids is 1. The zero-order chi connectivity index (χ0) is 18.5. The molecule has 0 radical (unpaired) electrons. The molecule has 1 amide bonds. The van der Waals surface area contributed by atoms with Gasteiger partial charge in [0, 0.05) is 28.0 Å². The summed E-state index contributed by atoms with van der Waals surface area (Å²) in [6.07, 6.45) is 2.82. The predicted octanol–water partition coefficient (Wildman–Crippen LogP) is 4.30. The minimum Gasteiger partial charge on any atom is -0.298 e. The van der Waals surface area contributed by atoms with Crippen LogP contribution in [0.15, 0.2) is 47.9 Å². The molecule has 0 atom stereocenters. The first-order valence-corrected chi connectivity index (χ1v) is 8.94. The van der Waals surface area contributed by atoms with Gasteiger partial charge in [0.05, 0.1) is 22.2 Å². The molecule has 7 nitrogen and oxygen atoms in total. The Morgan fingerprint density at radius 2 is 2.04 bits per heavy atom. The average Bonchev–Trinajstić information content (AvgIpc) is 3.30. The molecule has 3 rings (SSSR count). The molecular weight excluding hydrogens is 372 g/mol. The van der Waals surface area contributed by atoms with Crippen molar-refractivity contribution in [3.05, 3.63) is 68.4 Å².